The van der Waals surface area contributed by atoms with E-state index in [-0.39, 0.29) is 0 Å². The van der Waals surface area contributed by atoms with Crippen molar-refractivity contribution in [3.63, 3.8) is 0 Å². The van der Waals surface area contributed by atoms with Crippen molar-refractivity contribution in [2.45, 2.75) is 106 Å². The second kappa shape index (κ2) is 14.0. The predicted octanol–water partition coefficient (Wildman–Crippen LogP) is -7.29. The average Bonchev–Trinajstić information content (AvgIpc) is 2.90. The number of carbonyl (C=O) groups is 2. The van der Waals surface area contributed by atoms with Gasteiger partial charge in [-0.3, -0.25) is 9.59 Å². The lowest BCUT2D eigenvalue weighted by molar-refractivity contribution is -0.348. The molecule has 3 fully saturated rings. The van der Waals surface area contributed by atoms with E-state index < -0.39 is 124 Å². The molecule has 3 aliphatic rings. The van der Waals surface area contributed by atoms with E-state index in [2.05, 4.69) is 10.6 Å². The summed E-state index contributed by atoms with van der Waals surface area (Å²) in [7, 11) is 0. The van der Waals surface area contributed by atoms with E-state index >= 15 is 0 Å². The van der Waals surface area contributed by atoms with Crippen molar-refractivity contribution in [1.82, 2.24) is 10.6 Å². The number of hydrogen-bond acceptors (Lipinski definition) is 16. The lowest BCUT2D eigenvalue weighted by Gasteiger charge is -2.47. The molecule has 0 radical (unpaired) electrons. The van der Waals surface area contributed by atoms with Crippen molar-refractivity contribution < 1.29 is 79.2 Å². The predicted molar refractivity (Wildman–Crippen MR) is 124 cm³/mol. The van der Waals surface area contributed by atoms with Crippen molar-refractivity contribution in [3.05, 3.63) is 0 Å². The molecule has 0 unspecified atom stereocenters. The first-order valence-corrected chi connectivity index (χ1v) is 12.6. The van der Waals surface area contributed by atoms with Gasteiger partial charge in [-0.25, -0.2) is 0 Å². The van der Waals surface area contributed by atoms with E-state index in [1.54, 1.807) is 0 Å². The SMILES string of the molecule is CC(=O)N[C@H]1[C@H](OC[C@H]2O[C@H](O)[C@@H](O)[C@@H](O[C@@H]3O[C@H](CO)[C@@H](O)[C@H](O)[C@H]3NC(C)=O)[C@@H]2O)O[C@H](CO)[C@@H](O)[C@@H]1O. The lowest BCUT2D eigenvalue weighted by atomic mass is 9.95. The van der Waals surface area contributed by atoms with Gasteiger partial charge in [-0.1, -0.05) is 0 Å². The van der Waals surface area contributed by atoms with Gasteiger partial charge in [0.1, 0.15) is 73.1 Å². The Bertz CT molecular complexity index is 854. The molecule has 0 bridgehead atoms. The summed E-state index contributed by atoms with van der Waals surface area (Å²) in [5.41, 5.74) is 0. The Morgan fingerprint density at radius 2 is 1.12 bits per heavy atom. The highest BCUT2D eigenvalue weighted by Crippen LogP contribution is 2.30. The minimum Gasteiger partial charge on any atom is -0.394 e. The zero-order valence-electron chi connectivity index (χ0n) is 21.7. The van der Waals surface area contributed by atoms with E-state index in [0.717, 1.165) is 13.8 Å². The van der Waals surface area contributed by atoms with Gasteiger partial charge in [-0.2, -0.15) is 0 Å². The van der Waals surface area contributed by atoms with Crippen LogP contribution in [-0.2, 0) is 33.3 Å². The molecule has 0 aromatic carbocycles. The van der Waals surface area contributed by atoms with Crippen LogP contribution >= 0.6 is 0 Å². The number of carbonyl (C=O) groups excluding carboxylic acids is 2. The van der Waals surface area contributed by atoms with E-state index in [4.69, 9.17) is 23.7 Å². The fraction of sp³-hybridized carbons (Fsp3) is 0.909. The Labute approximate surface area is 228 Å². The van der Waals surface area contributed by atoms with Crippen molar-refractivity contribution in [3.8, 4) is 0 Å². The van der Waals surface area contributed by atoms with Crippen molar-refractivity contribution in [1.29, 1.82) is 0 Å². The highest BCUT2D eigenvalue weighted by Gasteiger charge is 2.52. The van der Waals surface area contributed by atoms with Crippen LogP contribution in [0.5, 0.6) is 0 Å². The van der Waals surface area contributed by atoms with Gasteiger partial charge in [-0.15, -0.1) is 0 Å². The third kappa shape index (κ3) is 7.23. The number of hydrogen-bond donors (Lipinski definition) is 11. The molecular formula is C22H38N2O16. The molecule has 0 saturated carbocycles. The molecule has 0 aromatic rings. The molecule has 18 nitrogen and oxygen atoms in total. The Kier molecular flexibility index (Phi) is 11.5. The van der Waals surface area contributed by atoms with Crippen LogP contribution in [0.15, 0.2) is 0 Å². The zero-order chi connectivity index (χ0) is 29.9. The van der Waals surface area contributed by atoms with Crippen molar-refractivity contribution in [2.75, 3.05) is 19.8 Å². The molecule has 3 rings (SSSR count). The van der Waals surface area contributed by atoms with Crippen LogP contribution in [0.1, 0.15) is 13.8 Å². The fourth-order valence-corrected chi connectivity index (χ4v) is 4.76. The minimum absolute atomic E-state index is 0.603. The minimum atomic E-state index is -1.95. The van der Waals surface area contributed by atoms with Crippen LogP contribution in [-0.4, -0.2) is 170 Å². The van der Waals surface area contributed by atoms with Crippen molar-refractivity contribution >= 4 is 11.8 Å². The molecule has 15 atom stereocenters. The smallest absolute Gasteiger partial charge is 0.217 e. The van der Waals surface area contributed by atoms with E-state index in [1.807, 2.05) is 0 Å². The molecular weight excluding hydrogens is 548 g/mol. The zero-order valence-corrected chi connectivity index (χ0v) is 21.7. The molecule has 0 aliphatic carbocycles. The number of nitrogens with one attached hydrogen (secondary N) is 2. The topological polar surface area (TPSA) is 286 Å². The number of aliphatic hydroxyl groups is 9. The Morgan fingerprint density at radius 1 is 0.650 bits per heavy atom. The second-order valence-electron chi connectivity index (χ2n) is 9.85. The van der Waals surface area contributed by atoms with Crippen LogP contribution in [0.3, 0.4) is 0 Å². The van der Waals surface area contributed by atoms with Crippen LogP contribution in [0.2, 0.25) is 0 Å². The summed E-state index contributed by atoms with van der Waals surface area (Å²) in [5, 5.41) is 96.5. The number of aliphatic hydroxyl groups excluding tert-OH is 9. The number of ether oxygens (including phenoxy) is 5. The highest BCUT2D eigenvalue weighted by atomic mass is 16.7. The summed E-state index contributed by atoms with van der Waals surface area (Å²) < 4.78 is 27.3. The van der Waals surface area contributed by atoms with Gasteiger partial charge in [0.2, 0.25) is 11.8 Å². The third-order valence-corrected chi connectivity index (χ3v) is 6.88. The average molecular weight is 587 g/mol. The second-order valence-corrected chi connectivity index (χ2v) is 9.85. The van der Waals surface area contributed by atoms with E-state index in [9.17, 15) is 55.5 Å². The Hall–Kier alpha value is -1.62. The molecule has 18 heteroatoms. The molecule has 40 heavy (non-hydrogen) atoms. The van der Waals surface area contributed by atoms with Gasteiger partial charge in [-0.05, 0) is 0 Å². The third-order valence-electron chi connectivity index (χ3n) is 6.88. The molecule has 2 amide bonds. The quantitative estimate of drug-likeness (QED) is 0.120. The number of amides is 2. The van der Waals surface area contributed by atoms with Gasteiger partial charge in [0.25, 0.3) is 0 Å². The van der Waals surface area contributed by atoms with Crippen molar-refractivity contribution in [2.24, 2.45) is 0 Å². The molecule has 232 valence electrons. The first kappa shape index (κ1) is 32.9. The summed E-state index contributed by atoms with van der Waals surface area (Å²) in [4.78, 5) is 23.3. The van der Waals surface area contributed by atoms with Crippen LogP contribution < -0.4 is 10.6 Å². The van der Waals surface area contributed by atoms with Gasteiger partial charge >= 0.3 is 0 Å². The fourth-order valence-electron chi connectivity index (χ4n) is 4.76. The van der Waals surface area contributed by atoms with Crippen LogP contribution in [0.25, 0.3) is 0 Å². The Morgan fingerprint density at radius 3 is 1.60 bits per heavy atom. The van der Waals surface area contributed by atoms with E-state index in [0.29, 0.717) is 0 Å². The monoisotopic (exact) mass is 586 g/mol. The maximum absolute atomic E-state index is 11.7. The standard InChI is InChI=1S/C22H38N2O16/c1-6(27)23-11-16(32)13(29)8(3-25)38-21(11)36-5-10-15(31)19(18(34)20(35)37-10)40-22-12(24-7(2)28)17(33)14(30)9(4-26)39-22/h8-22,25-26,29-35H,3-5H2,1-2H3,(H,23,27)(H,24,28)/t8-,9-,10-,11-,12-,13-,14-,15-,16-,17-,18+,19+,20+,21-,22+/m1/s1. The molecule has 3 saturated heterocycles. The molecule has 0 spiro atoms. The van der Waals surface area contributed by atoms with Gasteiger partial charge in [0.15, 0.2) is 18.9 Å². The summed E-state index contributed by atoms with van der Waals surface area (Å²) in [6, 6.07) is -2.72. The maximum Gasteiger partial charge on any atom is 0.217 e. The van der Waals surface area contributed by atoms with Gasteiger partial charge in [0, 0.05) is 13.8 Å². The largest absolute Gasteiger partial charge is 0.394 e. The lowest BCUT2D eigenvalue weighted by Crippen LogP contribution is -2.68. The Balaban J connectivity index is 1.75. The van der Waals surface area contributed by atoms with Gasteiger partial charge in [0.05, 0.1) is 19.8 Å². The molecule has 0 aromatic heterocycles. The van der Waals surface area contributed by atoms with Crippen LogP contribution in [0, 0.1) is 0 Å². The molecule has 3 heterocycles. The summed E-state index contributed by atoms with van der Waals surface area (Å²) in [6.07, 6.45) is -21.0. The van der Waals surface area contributed by atoms with E-state index in [1.165, 1.54) is 0 Å². The van der Waals surface area contributed by atoms with Crippen LogP contribution in [0.4, 0.5) is 0 Å². The summed E-state index contributed by atoms with van der Waals surface area (Å²) in [5.74, 6) is -1.25. The molecule has 3 aliphatic heterocycles. The first-order chi connectivity index (χ1) is 18.8. The number of rotatable bonds is 9. The van der Waals surface area contributed by atoms with Gasteiger partial charge < -0.3 is 80.3 Å². The first-order valence-electron chi connectivity index (χ1n) is 12.6. The molecule has 11 N–H and O–H groups in total. The highest BCUT2D eigenvalue weighted by molar-refractivity contribution is 5.73. The normalized spacial score (nSPS) is 46.0. The summed E-state index contributed by atoms with van der Waals surface area (Å²) >= 11 is 0. The summed E-state index contributed by atoms with van der Waals surface area (Å²) in [6.45, 7) is 0.187. The maximum atomic E-state index is 11.7.